The van der Waals surface area contributed by atoms with E-state index in [0.29, 0.717) is 97.3 Å². The Kier molecular flexibility index (Phi) is 32.4. The molecule has 10 rings (SSSR count). The van der Waals surface area contributed by atoms with Gasteiger partial charge in [-0.15, -0.1) is 0 Å². The highest BCUT2D eigenvalue weighted by molar-refractivity contribution is 5.79. The van der Waals surface area contributed by atoms with Gasteiger partial charge in [0.1, 0.15) is 34.2 Å². The summed E-state index contributed by atoms with van der Waals surface area (Å²) >= 11 is 0. The zero-order valence-corrected chi connectivity index (χ0v) is 62.6. The van der Waals surface area contributed by atoms with Crippen molar-refractivity contribution in [2.45, 2.75) is 306 Å². The number of aliphatic hydroxyl groups is 1. The summed E-state index contributed by atoms with van der Waals surface area (Å²) in [4.78, 5) is 37.1. The molecule has 7 fully saturated rings. The second-order valence-corrected chi connectivity index (χ2v) is 30.8. The molecule has 4 bridgehead atoms. The number of fused-ring (bicyclic) bond motifs is 4. The number of ether oxygens (including phenoxy) is 8. The van der Waals surface area contributed by atoms with Crippen LogP contribution in [0.4, 0.5) is 0 Å². The summed E-state index contributed by atoms with van der Waals surface area (Å²) in [5.41, 5.74) is 3.31. The molecule has 7 aliphatic rings. The normalized spacial score (nSPS) is 28.6. The summed E-state index contributed by atoms with van der Waals surface area (Å²) in [7, 11) is 1.62. The number of aliphatic hydroxyl groups excluding tert-OH is 1. The third-order valence-corrected chi connectivity index (χ3v) is 24.4. The number of Topliss-reactive ketones (excluding diaryl/α,β-unsaturated/α-hetero) is 1. The van der Waals surface area contributed by atoms with E-state index in [1.807, 2.05) is 45.0 Å². The van der Waals surface area contributed by atoms with E-state index in [1.165, 1.54) is 68.1 Å². The number of methoxy groups -OCH3 is 1. The SMILES string of the molecule is CC1C2CC(C(=O)OC(C)(C)C3CCC(O)CC3)C(C2)C1C.CCC(C)(OC(=O)C1CC2CC1C(C)C2C)C1CCC(=O)CC1.CCC(C)c1ccc(OC(C)OC2CCCCC2)cc1.CCC(C)c1ccc(OCOC)cc1.CCOC(C)Oc1ccc(C(C)CC)cc1. The quantitative estimate of drug-likeness (QED) is 0.0673. The van der Waals surface area contributed by atoms with Crippen molar-refractivity contribution in [3.8, 4) is 17.2 Å². The van der Waals surface area contributed by atoms with Gasteiger partial charge in [0.15, 0.2) is 19.4 Å². The molecule has 3 aromatic rings. The van der Waals surface area contributed by atoms with E-state index in [1.54, 1.807) is 7.11 Å². The van der Waals surface area contributed by atoms with Crippen molar-refractivity contribution in [1.29, 1.82) is 0 Å². The minimum Gasteiger partial charge on any atom is -0.468 e. The molecule has 95 heavy (non-hydrogen) atoms. The average Bonchev–Trinajstić information content (AvgIpc) is 1.60. The van der Waals surface area contributed by atoms with Gasteiger partial charge >= 0.3 is 11.9 Å². The van der Waals surface area contributed by atoms with Gasteiger partial charge in [-0.25, -0.2) is 0 Å². The van der Waals surface area contributed by atoms with E-state index in [9.17, 15) is 19.5 Å². The van der Waals surface area contributed by atoms with Crippen LogP contribution in [0.3, 0.4) is 0 Å². The largest absolute Gasteiger partial charge is 0.468 e. The first kappa shape index (κ1) is 79.5. The number of benzene rings is 3. The maximum Gasteiger partial charge on any atom is 0.309 e. The Labute approximate surface area is 576 Å². The van der Waals surface area contributed by atoms with Crippen molar-refractivity contribution in [1.82, 2.24) is 0 Å². The molecule has 0 aromatic heterocycles. The second kappa shape index (κ2) is 38.8. The Morgan fingerprint density at radius 1 is 0.526 bits per heavy atom. The number of esters is 2. The minimum absolute atomic E-state index is 0.0394. The molecule has 0 saturated heterocycles. The molecule has 0 spiro atoms. The maximum absolute atomic E-state index is 12.9. The van der Waals surface area contributed by atoms with Crippen LogP contribution in [0.25, 0.3) is 0 Å². The highest BCUT2D eigenvalue weighted by Gasteiger charge is 2.54. The van der Waals surface area contributed by atoms with Gasteiger partial charge in [-0.05, 0) is 274 Å². The monoisotopic (exact) mass is 1320 g/mol. The Morgan fingerprint density at radius 2 is 0.958 bits per heavy atom. The van der Waals surface area contributed by atoms with Crippen molar-refractivity contribution in [2.75, 3.05) is 20.5 Å². The van der Waals surface area contributed by atoms with Gasteiger partial charge in [-0.2, -0.15) is 0 Å². The summed E-state index contributed by atoms with van der Waals surface area (Å²) < 4.78 is 45.0. The third-order valence-electron chi connectivity index (χ3n) is 24.4. The molecular weight excluding hydrogens is 1190 g/mol. The van der Waals surface area contributed by atoms with Gasteiger partial charge in [0.05, 0.1) is 24.0 Å². The average molecular weight is 1320 g/mol. The van der Waals surface area contributed by atoms with E-state index in [2.05, 4.69) is 145 Å². The molecule has 12 nitrogen and oxygen atoms in total. The molecular formula is C83H132O12. The van der Waals surface area contributed by atoms with E-state index in [0.717, 1.165) is 106 Å². The second-order valence-electron chi connectivity index (χ2n) is 30.8. The van der Waals surface area contributed by atoms with Crippen LogP contribution < -0.4 is 14.2 Å². The van der Waals surface area contributed by atoms with Crippen molar-refractivity contribution in [3.05, 3.63) is 89.5 Å². The molecule has 0 heterocycles. The van der Waals surface area contributed by atoms with Crippen LogP contribution in [-0.4, -0.2) is 79.3 Å². The van der Waals surface area contributed by atoms with Gasteiger partial charge in [0.25, 0.3) is 0 Å². The molecule has 7 aliphatic carbocycles. The van der Waals surface area contributed by atoms with Crippen LogP contribution in [0, 0.1) is 71.0 Å². The summed E-state index contributed by atoms with van der Waals surface area (Å²) in [6.45, 7) is 37.8. The number of carbonyl (C=O) groups is 3. The van der Waals surface area contributed by atoms with Crippen LogP contribution in [0.15, 0.2) is 72.8 Å². The van der Waals surface area contributed by atoms with Gasteiger partial charge in [0, 0.05) is 26.6 Å². The van der Waals surface area contributed by atoms with Crippen LogP contribution >= 0.6 is 0 Å². The first-order valence-electron chi connectivity index (χ1n) is 38.0. The Morgan fingerprint density at radius 3 is 1.36 bits per heavy atom. The molecule has 12 heteroatoms. The lowest BCUT2D eigenvalue weighted by molar-refractivity contribution is -0.174. The summed E-state index contributed by atoms with van der Waals surface area (Å²) in [5, 5.41) is 9.66. The van der Waals surface area contributed by atoms with E-state index < -0.39 is 11.2 Å². The molecule has 1 N–H and O–H groups in total. The highest BCUT2D eigenvalue weighted by Crippen LogP contribution is 2.57. The van der Waals surface area contributed by atoms with Crippen LogP contribution in [-0.2, 0) is 38.1 Å². The van der Waals surface area contributed by atoms with Gasteiger partial charge in [0.2, 0.25) is 0 Å². The van der Waals surface area contributed by atoms with Crippen LogP contribution in [0.5, 0.6) is 17.2 Å². The lowest BCUT2D eigenvalue weighted by Gasteiger charge is -2.40. The summed E-state index contributed by atoms with van der Waals surface area (Å²) in [6, 6.07) is 24.9. The Hall–Kier alpha value is -4.49. The molecule has 16 atom stereocenters. The molecule has 3 aromatic carbocycles. The number of hydrogen-bond donors (Lipinski definition) is 1. The number of rotatable bonds is 24. The van der Waals surface area contributed by atoms with E-state index in [-0.39, 0.29) is 42.5 Å². The van der Waals surface area contributed by atoms with Crippen molar-refractivity contribution < 1.29 is 57.4 Å². The van der Waals surface area contributed by atoms with Gasteiger partial charge in [-0.1, -0.05) is 132 Å². The van der Waals surface area contributed by atoms with Gasteiger partial charge < -0.3 is 43.0 Å². The fourth-order valence-electron chi connectivity index (χ4n) is 16.5. The number of ketones is 1. The van der Waals surface area contributed by atoms with Gasteiger partial charge in [-0.3, -0.25) is 14.4 Å². The predicted molar refractivity (Wildman–Crippen MR) is 384 cm³/mol. The first-order chi connectivity index (χ1) is 45.3. The smallest absolute Gasteiger partial charge is 0.309 e. The van der Waals surface area contributed by atoms with Crippen molar-refractivity contribution >= 4 is 17.7 Å². The maximum atomic E-state index is 12.9. The van der Waals surface area contributed by atoms with Crippen molar-refractivity contribution in [2.24, 2.45) is 71.0 Å². The predicted octanol–water partition coefficient (Wildman–Crippen LogP) is 20.6. The number of hydrogen-bond acceptors (Lipinski definition) is 12. The first-order valence-corrected chi connectivity index (χ1v) is 38.0. The lowest BCUT2D eigenvalue weighted by Crippen LogP contribution is -2.44. The fraction of sp³-hybridized carbons (Fsp3) is 0.747. The molecule has 16 unspecified atom stereocenters. The third kappa shape index (κ3) is 23.3. The van der Waals surface area contributed by atoms with Crippen LogP contribution in [0.1, 0.15) is 287 Å². The van der Waals surface area contributed by atoms with Crippen molar-refractivity contribution in [3.63, 3.8) is 0 Å². The lowest BCUT2D eigenvalue weighted by atomic mass is 9.74. The standard InChI is InChI=1S/C20H32O3.C19H32O3.C18H28O2.C14H22O2.C12H18O2/c1-5-20(4,15-6-8-16(21)9-7-15)23-19(22)18-11-14-10-17(18)13(3)12(14)2;1-11-12(2)16-9-13(11)10-17(16)18(21)22-19(3,4)14-5-7-15(20)8-6-14;1-4-14(2)16-10-12-18(13-11-16)20-15(3)19-17-8-6-5-7-9-17;1-5-11(3)13-7-9-14(10-8-13)16-12(4)15-6-2;1-4-10(2)11-5-7-12(8-6-11)14-9-13-3/h12-15,17-18H,5-11H2,1-4H3;11-17,20H,5-10H2,1-4H3;10-15,17H,4-9H2,1-3H3;7-12H,5-6H2,1-4H3;5-8,10H,4,9H2,1-3H3. The fourth-order valence-corrected chi connectivity index (χ4v) is 16.5. The highest BCUT2D eigenvalue weighted by atomic mass is 16.7. The summed E-state index contributed by atoms with van der Waals surface area (Å²) in [6.07, 6.45) is 21.7. The Balaban J connectivity index is 0.000000190. The Bertz CT molecular complexity index is 2660. The zero-order valence-electron chi connectivity index (χ0n) is 62.6. The molecule has 536 valence electrons. The summed E-state index contributed by atoms with van der Waals surface area (Å²) in [5.74, 6) is 11.2. The van der Waals surface area contributed by atoms with Crippen LogP contribution in [0.2, 0.25) is 0 Å². The van der Waals surface area contributed by atoms with E-state index in [4.69, 9.17) is 37.9 Å². The topological polar surface area (TPSA) is 145 Å². The molecule has 0 amide bonds. The van der Waals surface area contributed by atoms with E-state index >= 15 is 0 Å². The molecule has 0 aliphatic heterocycles. The molecule has 0 radical (unpaired) electrons. The minimum atomic E-state index is -0.395. The zero-order chi connectivity index (χ0) is 69.6. The number of carbonyl (C=O) groups excluding carboxylic acids is 3. The molecule has 7 saturated carbocycles.